The quantitative estimate of drug-likeness (QED) is 0.700. The molecule has 14 heavy (non-hydrogen) atoms. The van der Waals surface area contributed by atoms with E-state index in [9.17, 15) is 0 Å². The van der Waals surface area contributed by atoms with Crippen LogP contribution in [-0.4, -0.2) is 0 Å². The fourth-order valence-electron chi connectivity index (χ4n) is 0.985. The number of hydrogen-bond acceptors (Lipinski definition) is 2. The lowest BCUT2D eigenvalue weighted by atomic mass is 10.1. The maximum atomic E-state index is 8.76. The molecular weight excluding hydrogens is 242 g/mol. The molecule has 0 saturated carbocycles. The van der Waals surface area contributed by atoms with Crippen LogP contribution in [-0.2, 0) is 0 Å². The van der Waals surface area contributed by atoms with E-state index >= 15 is 0 Å². The molecule has 2 nitrogen and oxygen atoms in total. The van der Waals surface area contributed by atoms with Crippen LogP contribution in [0.3, 0.4) is 0 Å². The summed E-state index contributed by atoms with van der Waals surface area (Å²) in [5.41, 5.74) is 0.671. The summed E-state index contributed by atoms with van der Waals surface area (Å²) in [7, 11) is 0. The monoisotopic (exact) mass is 244 g/mol. The molecule has 1 aromatic rings. The highest BCUT2D eigenvalue weighted by Crippen LogP contribution is 2.36. The molecule has 0 spiro atoms. The van der Waals surface area contributed by atoms with Gasteiger partial charge in [-0.25, -0.2) is 0 Å². The van der Waals surface area contributed by atoms with Gasteiger partial charge in [0.2, 0.25) is 0 Å². The van der Waals surface area contributed by atoms with Crippen LogP contribution in [0.2, 0.25) is 15.1 Å². The minimum atomic E-state index is 0.00981. The Morgan fingerprint density at radius 1 is 0.857 bits per heavy atom. The van der Waals surface area contributed by atoms with E-state index in [0.29, 0.717) is 5.56 Å². The highest BCUT2D eigenvalue weighted by atomic mass is 35.5. The SMILES string of the molecule is Cc1c(Cl)c(C#N)c(Cl)c(C#N)c1Cl. The first-order chi connectivity index (χ1) is 6.54. The second-order valence-electron chi connectivity index (χ2n) is 2.54. The highest BCUT2D eigenvalue weighted by Gasteiger charge is 2.18. The number of rotatable bonds is 0. The van der Waals surface area contributed by atoms with Gasteiger partial charge >= 0.3 is 0 Å². The van der Waals surface area contributed by atoms with Crippen molar-refractivity contribution in [2.45, 2.75) is 6.92 Å². The first kappa shape index (κ1) is 11.1. The maximum absolute atomic E-state index is 8.76. The van der Waals surface area contributed by atoms with Gasteiger partial charge in [0.1, 0.15) is 12.1 Å². The van der Waals surface area contributed by atoms with Gasteiger partial charge in [-0.05, 0) is 12.5 Å². The lowest BCUT2D eigenvalue weighted by molar-refractivity contribution is 1.38. The molecule has 5 heteroatoms. The number of hydrogen-bond donors (Lipinski definition) is 0. The molecule has 0 aromatic heterocycles. The van der Waals surface area contributed by atoms with Crippen LogP contribution in [0.15, 0.2) is 0 Å². The van der Waals surface area contributed by atoms with Crippen molar-refractivity contribution in [3.8, 4) is 12.1 Å². The molecule has 70 valence electrons. The molecule has 0 unspecified atom stereocenters. The predicted octanol–water partition coefficient (Wildman–Crippen LogP) is 3.70. The van der Waals surface area contributed by atoms with E-state index in [1.807, 2.05) is 12.1 Å². The summed E-state index contributed by atoms with van der Waals surface area (Å²) in [5, 5.41) is 17.9. The van der Waals surface area contributed by atoms with Gasteiger partial charge in [0.15, 0.2) is 0 Å². The van der Waals surface area contributed by atoms with E-state index < -0.39 is 0 Å². The Morgan fingerprint density at radius 3 is 1.50 bits per heavy atom. The topological polar surface area (TPSA) is 47.6 Å². The third-order valence-corrected chi connectivity index (χ3v) is 3.08. The van der Waals surface area contributed by atoms with Gasteiger partial charge in [0, 0.05) is 0 Å². The molecule has 0 amide bonds. The van der Waals surface area contributed by atoms with Crippen LogP contribution in [0.25, 0.3) is 0 Å². The van der Waals surface area contributed by atoms with Gasteiger partial charge in [-0.1, -0.05) is 34.8 Å². The maximum Gasteiger partial charge on any atom is 0.102 e. The van der Waals surface area contributed by atoms with Gasteiger partial charge < -0.3 is 0 Å². The van der Waals surface area contributed by atoms with Crippen molar-refractivity contribution in [3.63, 3.8) is 0 Å². The molecule has 0 aliphatic heterocycles. The van der Waals surface area contributed by atoms with E-state index in [0.717, 1.165) is 0 Å². The van der Waals surface area contributed by atoms with Crippen molar-refractivity contribution in [2.75, 3.05) is 0 Å². The number of nitrogens with zero attached hydrogens (tertiary/aromatic N) is 2. The summed E-state index contributed by atoms with van der Waals surface area (Å²) in [6.45, 7) is 1.63. The molecule has 0 aliphatic rings. The Kier molecular flexibility index (Phi) is 3.24. The minimum Gasteiger partial charge on any atom is -0.192 e. The molecule has 1 rings (SSSR count). The molecule has 0 saturated heterocycles. The Labute approximate surface area is 96.2 Å². The fraction of sp³-hybridized carbons (Fsp3) is 0.111. The van der Waals surface area contributed by atoms with Crippen LogP contribution in [0.5, 0.6) is 0 Å². The number of nitriles is 2. The Hall–Kier alpha value is -0.930. The van der Waals surface area contributed by atoms with Crippen LogP contribution >= 0.6 is 34.8 Å². The molecule has 1 aromatic carbocycles. The van der Waals surface area contributed by atoms with E-state index in [1.165, 1.54) is 0 Å². The average molecular weight is 245 g/mol. The second-order valence-corrected chi connectivity index (χ2v) is 3.67. The molecule has 0 atom stereocenters. The zero-order valence-electron chi connectivity index (χ0n) is 7.03. The second kappa shape index (κ2) is 4.07. The van der Waals surface area contributed by atoms with E-state index in [2.05, 4.69) is 0 Å². The van der Waals surface area contributed by atoms with Crippen LogP contribution in [0.1, 0.15) is 16.7 Å². The predicted molar refractivity (Wildman–Crippen MR) is 55.6 cm³/mol. The van der Waals surface area contributed by atoms with Crippen LogP contribution < -0.4 is 0 Å². The van der Waals surface area contributed by atoms with E-state index in [1.54, 1.807) is 6.92 Å². The summed E-state index contributed by atoms with van der Waals surface area (Å²) in [6.07, 6.45) is 0. The third-order valence-electron chi connectivity index (χ3n) is 1.76. The summed E-state index contributed by atoms with van der Waals surface area (Å²) in [6, 6.07) is 3.67. The Balaban J connectivity index is 3.78. The largest absolute Gasteiger partial charge is 0.192 e. The number of halogens is 3. The van der Waals surface area contributed by atoms with Gasteiger partial charge in [-0.2, -0.15) is 10.5 Å². The zero-order valence-corrected chi connectivity index (χ0v) is 9.30. The van der Waals surface area contributed by atoms with Crippen molar-refractivity contribution in [2.24, 2.45) is 0 Å². The highest BCUT2D eigenvalue weighted by molar-refractivity contribution is 6.42. The molecule has 0 bridgehead atoms. The van der Waals surface area contributed by atoms with Crippen molar-refractivity contribution in [1.82, 2.24) is 0 Å². The summed E-state index contributed by atoms with van der Waals surface area (Å²) in [4.78, 5) is 0. The molecule has 0 radical (unpaired) electrons. The molecule has 0 fully saturated rings. The summed E-state index contributed by atoms with van der Waals surface area (Å²) < 4.78 is 0. The average Bonchev–Trinajstić information content (AvgIpc) is 2.16. The van der Waals surface area contributed by atoms with Gasteiger partial charge in [0.05, 0.1) is 26.2 Å². The Bertz CT molecular complexity index is 439. The lowest BCUT2D eigenvalue weighted by Gasteiger charge is -2.07. The van der Waals surface area contributed by atoms with Crippen molar-refractivity contribution in [1.29, 1.82) is 10.5 Å². The molecule has 0 heterocycles. The first-order valence-corrected chi connectivity index (χ1v) is 4.65. The standard InChI is InChI=1S/C9H3Cl3N2/c1-4-7(10)5(2-13)9(12)6(3-14)8(4)11/h1H3. The zero-order chi connectivity index (χ0) is 10.9. The minimum absolute atomic E-state index is 0.00981. The third kappa shape index (κ3) is 1.53. The van der Waals surface area contributed by atoms with E-state index in [4.69, 9.17) is 45.3 Å². The Morgan fingerprint density at radius 2 is 1.21 bits per heavy atom. The van der Waals surface area contributed by atoms with Gasteiger partial charge in [-0.3, -0.25) is 0 Å². The van der Waals surface area contributed by atoms with Crippen molar-refractivity contribution in [3.05, 3.63) is 31.8 Å². The lowest BCUT2D eigenvalue weighted by Crippen LogP contribution is -1.91. The smallest absolute Gasteiger partial charge is 0.102 e. The summed E-state index contributed by atoms with van der Waals surface area (Å²) in [5.74, 6) is 0. The summed E-state index contributed by atoms with van der Waals surface area (Å²) >= 11 is 17.4. The normalized spacial score (nSPS) is 9.29. The van der Waals surface area contributed by atoms with Gasteiger partial charge in [0.25, 0.3) is 0 Å². The molecular formula is C9H3Cl3N2. The first-order valence-electron chi connectivity index (χ1n) is 3.51. The van der Waals surface area contributed by atoms with Crippen LogP contribution in [0.4, 0.5) is 0 Å². The molecule has 0 N–H and O–H groups in total. The van der Waals surface area contributed by atoms with Crippen LogP contribution in [0, 0.1) is 29.6 Å². The van der Waals surface area contributed by atoms with Crippen molar-refractivity contribution < 1.29 is 0 Å². The van der Waals surface area contributed by atoms with Gasteiger partial charge in [-0.15, -0.1) is 0 Å². The fourth-order valence-corrected chi connectivity index (χ4v) is 1.87. The van der Waals surface area contributed by atoms with E-state index in [-0.39, 0.29) is 26.2 Å². The molecule has 0 aliphatic carbocycles. The number of benzene rings is 1. The van der Waals surface area contributed by atoms with Crippen molar-refractivity contribution >= 4 is 34.8 Å².